The molecule has 10 heteroatoms. The normalized spacial score (nSPS) is 14.8. The topological polar surface area (TPSA) is 111 Å². The Balaban J connectivity index is 1.49. The van der Waals surface area contributed by atoms with Crippen LogP contribution in [0.25, 0.3) is 6.08 Å². The fourth-order valence-corrected chi connectivity index (χ4v) is 4.13. The van der Waals surface area contributed by atoms with E-state index >= 15 is 0 Å². The molecule has 0 aliphatic carbocycles. The monoisotopic (exact) mass is 506 g/mol. The van der Waals surface area contributed by atoms with Crippen LogP contribution in [0.3, 0.4) is 0 Å². The summed E-state index contributed by atoms with van der Waals surface area (Å²) < 4.78 is 0. The van der Waals surface area contributed by atoms with Gasteiger partial charge in [-0.05, 0) is 72.8 Å². The Morgan fingerprint density at radius 1 is 1.06 bits per heavy atom. The zero-order chi connectivity index (χ0) is 24.9. The summed E-state index contributed by atoms with van der Waals surface area (Å²) >= 11 is 6.80. The molecule has 0 radical (unpaired) electrons. The van der Waals surface area contributed by atoms with Gasteiger partial charge in [0.15, 0.2) is 0 Å². The fraction of sp³-hybridized carbons (Fsp3) is 0.0800. The SMILES string of the molecule is Cc1ccc(N=Nc2ccc(O)c(/C=C3\SC(=O)N(CC(=O)Nc4ccccc4)C3=O)c2)cc1Cl. The van der Waals surface area contributed by atoms with E-state index in [0.29, 0.717) is 33.8 Å². The molecule has 8 nitrogen and oxygen atoms in total. The van der Waals surface area contributed by atoms with Crippen molar-refractivity contribution in [2.45, 2.75) is 6.92 Å². The van der Waals surface area contributed by atoms with Crippen molar-refractivity contribution in [1.29, 1.82) is 0 Å². The lowest BCUT2D eigenvalue weighted by Gasteiger charge is -2.12. The van der Waals surface area contributed by atoms with Gasteiger partial charge in [-0.15, -0.1) is 0 Å². The lowest BCUT2D eigenvalue weighted by atomic mass is 10.1. The van der Waals surface area contributed by atoms with Gasteiger partial charge in [-0.25, -0.2) is 0 Å². The van der Waals surface area contributed by atoms with E-state index < -0.39 is 23.6 Å². The van der Waals surface area contributed by atoms with Crippen LogP contribution in [0.5, 0.6) is 5.75 Å². The number of azo groups is 1. The molecule has 0 atom stereocenters. The minimum Gasteiger partial charge on any atom is -0.507 e. The Hall–Kier alpha value is -3.95. The molecule has 0 saturated carbocycles. The number of thioether (sulfide) groups is 1. The molecule has 1 fully saturated rings. The number of rotatable bonds is 6. The van der Waals surface area contributed by atoms with Crippen LogP contribution in [-0.2, 0) is 9.59 Å². The minimum absolute atomic E-state index is 0.0808. The first-order valence-corrected chi connectivity index (χ1v) is 11.6. The van der Waals surface area contributed by atoms with E-state index in [4.69, 9.17) is 11.6 Å². The highest BCUT2D eigenvalue weighted by Crippen LogP contribution is 2.35. The molecule has 1 aliphatic rings. The molecule has 2 N–H and O–H groups in total. The predicted octanol–water partition coefficient (Wildman–Crippen LogP) is 6.44. The zero-order valence-electron chi connectivity index (χ0n) is 18.4. The molecule has 0 bridgehead atoms. The fourth-order valence-electron chi connectivity index (χ4n) is 3.12. The van der Waals surface area contributed by atoms with Crippen LogP contribution in [0.1, 0.15) is 11.1 Å². The van der Waals surface area contributed by atoms with Crippen LogP contribution in [0.4, 0.5) is 21.9 Å². The molecule has 35 heavy (non-hydrogen) atoms. The molecule has 0 spiro atoms. The van der Waals surface area contributed by atoms with Gasteiger partial charge < -0.3 is 10.4 Å². The van der Waals surface area contributed by atoms with Crippen LogP contribution in [0.15, 0.2) is 81.9 Å². The summed E-state index contributed by atoms with van der Waals surface area (Å²) in [5.74, 6) is -1.22. The van der Waals surface area contributed by atoms with Gasteiger partial charge in [-0.1, -0.05) is 35.9 Å². The molecular formula is C25H19ClN4O4S. The molecule has 3 aromatic rings. The lowest BCUT2D eigenvalue weighted by molar-refractivity contribution is -0.127. The highest BCUT2D eigenvalue weighted by atomic mass is 35.5. The number of benzene rings is 3. The first-order valence-electron chi connectivity index (χ1n) is 10.4. The third kappa shape index (κ3) is 5.95. The standard InChI is InChI=1S/C25H19ClN4O4S/c1-15-7-8-19(13-20(15)26)29-28-18-9-10-21(31)16(11-18)12-22-24(33)30(25(34)35-22)14-23(32)27-17-5-3-2-4-6-17/h2-13,31H,14H2,1H3,(H,27,32)/b22-12-,29-28?. The lowest BCUT2D eigenvalue weighted by Crippen LogP contribution is -2.36. The summed E-state index contributed by atoms with van der Waals surface area (Å²) in [5, 5.41) is 21.2. The van der Waals surface area contributed by atoms with Gasteiger partial charge in [0.25, 0.3) is 11.1 Å². The second-order valence-electron chi connectivity index (χ2n) is 7.56. The summed E-state index contributed by atoms with van der Waals surface area (Å²) in [5.41, 5.74) is 2.74. The number of imide groups is 1. The molecule has 0 unspecified atom stereocenters. The highest BCUT2D eigenvalue weighted by Gasteiger charge is 2.36. The average molecular weight is 507 g/mol. The number of hydrogen-bond acceptors (Lipinski definition) is 7. The van der Waals surface area contributed by atoms with Gasteiger partial charge in [0.1, 0.15) is 12.3 Å². The molecular weight excluding hydrogens is 488 g/mol. The Kier molecular flexibility index (Phi) is 7.28. The molecule has 0 aromatic heterocycles. The minimum atomic E-state index is -0.621. The Morgan fingerprint density at radius 3 is 2.46 bits per heavy atom. The van der Waals surface area contributed by atoms with Gasteiger partial charge in [-0.2, -0.15) is 10.2 Å². The molecule has 176 valence electrons. The number of nitrogens with zero attached hydrogens (tertiary/aromatic N) is 3. The van der Waals surface area contributed by atoms with Gasteiger partial charge in [-0.3, -0.25) is 19.3 Å². The van der Waals surface area contributed by atoms with Crippen LogP contribution < -0.4 is 5.32 Å². The van der Waals surface area contributed by atoms with E-state index in [1.54, 1.807) is 48.5 Å². The van der Waals surface area contributed by atoms with Crippen LogP contribution in [-0.4, -0.2) is 33.6 Å². The van der Waals surface area contributed by atoms with Crippen molar-refractivity contribution in [3.63, 3.8) is 0 Å². The molecule has 1 saturated heterocycles. The number of anilines is 1. The van der Waals surface area contributed by atoms with Crippen molar-refractivity contribution in [3.8, 4) is 5.75 Å². The number of carbonyl (C=O) groups excluding carboxylic acids is 3. The summed E-state index contributed by atoms with van der Waals surface area (Å²) in [7, 11) is 0. The van der Waals surface area contributed by atoms with E-state index in [1.807, 2.05) is 13.0 Å². The number of aryl methyl sites for hydroxylation is 1. The van der Waals surface area contributed by atoms with Crippen molar-refractivity contribution < 1.29 is 19.5 Å². The second kappa shape index (κ2) is 10.5. The number of phenolic OH excluding ortho intramolecular Hbond substituents is 1. The Morgan fingerprint density at radius 2 is 1.74 bits per heavy atom. The summed E-state index contributed by atoms with van der Waals surface area (Å²) in [6.07, 6.45) is 1.39. The first kappa shape index (κ1) is 24.2. The number of nitrogens with one attached hydrogen (secondary N) is 1. The zero-order valence-corrected chi connectivity index (χ0v) is 20.0. The van der Waals surface area contributed by atoms with Crippen LogP contribution in [0, 0.1) is 6.92 Å². The number of para-hydroxylation sites is 1. The van der Waals surface area contributed by atoms with E-state index in [2.05, 4.69) is 15.5 Å². The van der Waals surface area contributed by atoms with E-state index in [9.17, 15) is 19.5 Å². The molecule has 1 heterocycles. The number of halogens is 1. The van der Waals surface area contributed by atoms with Crippen molar-refractivity contribution in [2.75, 3.05) is 11.9 Å². The number of hydrogen-bond donors (Lipinski definition) is 2. The van der Waals surface area contributed by atoms with Gasteiger partial charge in [0.2, 0.25) is 5.91 Å². The molecule has 3 amide bonds. The number of amides is 3. The van der Waals surface area contributed by atoms with Crippen molar-refractivity contribution in [1.82, 2.24) is 4.90 Å². The third-order valence-electron chi connectivity index (χ3n) is 4.97. The summed E-state index contributed by atoms with van der Waals surface area (Å²) in [6, 6.07) is 18.5. The average Bonchev–Trinajstić information content (AvgIpc) is 3.09. The summed E-state index contributed by atoms with van der Waals surface area (Å²) in [4.78, 5) is 38.4. The maximum atomic E-state index is 12.8. The first-order chi connectivity index (χ1) is 16.8. The molecule has 3 aromatic carbocycles. The van der Waals surface area contributed by atoms with Crippen LogP contribution in [0.2, 0.25) is 5.02 Å². The van der Waals surface area contributed by atoms with Crippen molar-refractivity contribution >= 4 is 63.6 Å². The molecule has 1 aliphatic heterocycles. The van der Waals surface area contributed by atoms with Crippen molar-refractivity contribution in [3.05, 3.63) is 87.8 Å². The third-order valence-corrected chi connectivity index (χ3v) is 6.28. The Bertz CT molecular complexity index is 1380. The Labute approximate surface area is 210 Å². The predicted molar refractivity (Wildman–Crippen MR) is 136 cm³/mol. The maximum absolute atomic E-state index is 12.8. The van der Waals surface area contributed by atoms with Gasteiger partial charge >= 0.3 is 0 Å². The second-order valence-corrected chi connectivity index (χ2v) is 8.96. The smallest absolute Gasteiger partial charge is 0.294 e. The van der Waals surface area contributed by atoms with Crippen LogP contribution >= 0.6 is 23.4 Å². The van der Waals surface area contributed by atoms with Crippen molar-refractivity contribution in [2.24, 2.45) is 10.2 Å². The maximum Gasteiger partial charge on any atom is 0.294 e. The quantitative estimate of drug-likeness (QED) is 0.295. The van der Waals surface area contributed by atoms with E-state index in [0.717, 1.165) is 10.5 Å². The number of carbonyl (C=O) groups is 3. The largest absolute Gasteiger partial charge is 0.507 e. The van der Waals surface area contributed by atoms with E-state index in [1.165, 1.54) is 18.2 Å². The number of phenols is 1. The highest BCUT2D eigenvalue weighted by molar-refractivity contribution is 8.18. The molecule has 4 rings (SSSR count). The van der Waals surface area contributed by atoms with E-state index in [-0.39, 0.29) is 16.2 Å². The van der Waals surface area contributed by atoms with Gasteiger partial charge in [0, 0.05) is 16.3 Å². The van der Waals surface area contributed by atoms with Gasteiger partial charge in [0.05, 0.1) is 16.3 Å². The number of aromatic hydroxyl groups is 1. The summed E-state index contributed by atoms with van der Waals surface area (Å²) in [6.45, 7) is 1.46.